The number of benzene rings is 3. The number of fused-ring (bicyclic) bond motifs is 1. The Hall–Kier alpha value is -4.32. The summed E-state index contributed by atoms with van der Waals surface area (Å²) in [4.78, 5) is 20.3. The third-order valence-electron chi connectivity index (χ3n) is 5.31. The van der Waals surface area contributed by atoms with Gasteiger partial charge in [0.15, 0.2) is 5.95 Å². The maximum absolute atomic E-state index is 12.9. The van der Waals surface area contributed by atoms with Gasteiger partial charge in [-0.3, -0.25) is 4.79 Å². The van der Waals surface area contributed by atoms with Crippen molar-refractivity contribution >= 4 is 34.5 Å². The number of aryl methyl sites for hydroxylation is 1. The lowest BCUT2D eigenvalue weighted by molar-refractivity contribution is -0.110. The number of amides is 1. The van der Waals surface area contributed by atoms with Crippen LogP contribution in [-0.4, -0.2) is 15.9 Å². The van der Waals surface area contributed by atoms with Crippen molar-refractivity contribution in [2.75, 3.05) is 16.4 Å². The van der Waals surface area contributed by atoms with E-state index >= 15 is 0 Å². The molecule has 4 aromatic rings. The van der Waals surface area contributed by atoms with E-state index in [0.29, 0.717) is 11.5 Å². The smallest absolute Gasteiger partial charge is 0.258 e. The molecular formula is C25H21N5O. The second kappa shape index (κ2) is 7.50. The van der Waals surface area contributed by atoms with Crippen molar-refractivity contribution in [3.8, 4) is 11.3 Å². The average Bonchev–Trinajstić information content (AvgIpc) is 3.30. The van der Waals surface area contributed by atoms with Crippen LogP contribution in [0.3, 0.4) is 0 Å². The van der Waals surface area contributed by atoms with E-state index in [-0.39, 0.29) is 5.91 Å². The van der Waals surface area contributed by atoms with Gasteiger partial charge in [0, 0.05) is 28.2 Å². The van der Waals surface area contributed by atoms with Gasteiger partial charge in [-0.2, -0.15) is 0 Å². The van der Waals surface area contributed by atoms with Gasteiger partial charge in [0.05, 0.1) is 17.0 Å². The molecule has 1 aliphatic heterocycles. The lowest BCUT2D eigenvalue weighted by Crippen LogP contribution is -2.10. The van der Waals surface area contributed by atoms with Crippen molar-refractivity contribution in [3.05, 3.63) is 95.7 Å². The molecule has 1 amide bonds. The standard InChI is InChI=1S/C25H21N5O/c1-15-22(30-25(26)27-15)17-11-13-18(14-12-17)28-23(16-7-3-2-4-8-16)21-19-9-5-6-10-20(19)29-24(21)31/h2-14,28H,1H3,(H,29,31)(H3,26,27,30). The fourth-order valence-electron chi connectivity index (χ4n) is 3.87. The third kappa shape index (κ3) is 3.44. The Bertz CT molecular complexity index is 1300. The number of para-hydroxylation sites is 1. The molecule has 6 nitrogen and oxygen atoms in total. The topological polar surface area (TPSA) is 95.8 Å². The van der Waals surface area contributed by atoms with E-state index in [4.69, 9.17) is 5.73 Å². The number of aromatic amines is 1. The minimum atomic E-state index is -0.119. The second-order valence-electron chi connectivity index (χ2n) is 7.41. The first-order valence-corrected chi connectivity index (χ1v) is 10.00. The lowest BCUT2D eigenvalue weighted by Gasteiger charge is -2.15. The normalized spacial score (nSPS) is 14.2. The van der Waals surface area contributed by atoms with Crippen molar-refractivity contribution in [3.63, 3.8) is 0 Å². The first-order chi connectivity index (χ1) is 15.1. The number of hydrogen-bond donors (Lipinski definition) is 4. The number of imidazole rings is 1. The SMILES string of the molecule is Cc1[nH]c(N)nc1-c1ccc(NC(=C2C(=O)Nc3ccccc32)c2ccccc2)cc1. The minimum absolute atomic E-state index is 0.119. The van der Waals surface area contributed by atoms with Gasteiger partial charge >= 0.3 is 0 Å². The highest BCUT2D eigenvalue weighted by Crippen LogP contribution is 2.37. The van der Waals surface area contributed by atoms with Gasteiger partial charge in [-0.25, -0.2) is 4.98 Å². The predicted octanol–water partition coefficient (Wildman–Crippen LogP) is 4.90. The highest BCUT2D eigenvalue weighted by molar-refractivity contribution is 6.37. The zero-order chi connectivity index (χ0) is 21.4. The first-order valence-electron chi connectivity index (χ1n) is 10.00. The van der Waals surface area contributed by atoms with Gasteiger partial charge in [-0.15, -0.1) is 0 Å². The highest BCUT2D eigenvalue weighted by atomic mass is 16.2. The number of carbonyl (C=O) groups excluding carboxylic acids is 1. The van der Waals surface area contributed by atoms with Crippen LogP contribution in [0.4, 0.5) is 17.3 Å². The van der Waals surface area contributed by atoms with Crippen LogP contribution in [0.1, 0.15) is 16.8 Å². The predicted molar refractivity (Wildman–Crippen MR) is 125 cm³/mol. The van der Waals surface area contributed by atoms with Gasteiger partial charge in [0.1, 0.15) is 0 Å². The van der Waals surface area contributed by atoms with E-state index in [9.17, 15) is 4.79 Å². The number of nitrogen functional groups attached to an aromatic ring is 1. The molecule has 0 aliphatic carbocycles. The number of H-pyrrole nitrogens is 1. The quantitative estimate of drug-likeness (QED) is 0.362. The van der Waals surface area contributed by atoms with Gasteiger partial charge < -0.3 is 21.4 Å². The first kappa shape index (κ1) is 18.7. The Morgan fingerprint density at radius 1 is 0.935 bits per heavy atom. The summed E-state index contributed by atoms with van der Waals surface area (Å²) in [7, 11) is 0. The van der Waals surface area contributed by atoms with E-state index in [1.807, 2.05) is 85.8 Å². The monoisotopic (exact) mass is 407 g/mol. The minimum Gasteiger partial charge on any atom is -0.369 e. The Labute approximate surface area is 179 Å². The largest absolute Gasteiger partial charge is 0.369 e. The van der Waals surface area contributed by atoms with Crippen LogP contribution >= 0.6 is 0 Å². The van der Waals surface area contributed by atoms with E-state index in [1.54, 1.807) is 0 Å². The number of rotatable bonds is 4. The summed E-state index contributed by atoms with van der Waals surface area (Å²) >= 11 is 0. The summed E-state index contributed by atoms with van der Waals surface area (Å²) in [5.74, 6) is 0.281. The van der Waals surface area contributed by atoms with E-state index < -0.39 is 0 Å². The molecule has 0 saturated carbocycles. The number of nitrogens with two attached hydrogens (primary N) is 1. The van der Waals surface area contributed by atoms with Crippen LogP contribution in [0.15, 0.2) is 78.9 Å². The van der Waals surface area contributed by atoms with E-state index in [1.165, 1.54) is 0 Å². The van der Waals surface area contributed by atoms with Gasteiger partial charge in [-0.05, 0) is 30.7 Å². The fourth-order valence-corrected chi connectivity index (χ4v) is 3.87. The molecule has 0 saturated heterocycles. The molecular weight excluding hydrogens is 386 g/mol. The molecule has 0 radical (unpaired) electrons. The summed E-state index contributed by atoms with van der Waals surface area (Å²) in [6, 6.07) is 25.5. The lowest BCUT2D eigenvalue weighted by atomic mass is 10.00. The van der Waals surface area contributed by atoms with Crippen molar-refractivity contribution in [1.82, 2.24) is 9.97 Å². The maximum Gasteiger partial charge on any atom is 0.258 e. The zero-order valence-corrected chi connectivity index (χ0v) is 16.9. The molecule has 2 heterocycles. The molecule has 5 rings (SSSR count). The second-order valence-corrected chi connectivity index (χ2v) is 7.41. The summed E-state index contributed by atoms with van der Waals surface area (Å²) < 4.78 is 0. The van der Waals surface area contributed by atoms with Crippen molar-refractivity contribution < 1.29 is 4.79 Å². The molecule has 6 heteroatoms. The van der Waals surface area contributed by atoms with Gasteiger partial charge in [0.2, 0.25) is 0 Å². The molecule has 0 atom stereocenters. The van der Waals surface area contributed by atoms with Crippen LogP contribution in [-0.2, 0) is 4.79 Å². The maximum atomic E-state index is 12.9. The van der Waals surface area contributed by atoms with Crippen molar-refractivity contribution in [2.24, 2.45) is 0 Å². The van der Waals surface area contributed by atoms with Crippen LogP contribution in [0, 0.1) is 6.92 Å². The summed E-state index contributed by atoms with van der Waals surface area (Å²) in [5.41, 5.74) is 13.4. The summed E-state index contributed by atoms with van der Waals surface area (Å²) in [6.45, 7) is 1.94. The molecule has 1 aliphatic rings. The van der Waals surface area contributed by atoms with Gasteiger partial charge in [0.25, 0.3) is 5.91 Å². The number of anilines is 3. The van der Waals surface area contributed by atoms with Crippen LogP contribution in [0.5, 0.6) is 0 Å². The van der Waals surface area contributed by atoms with Crippen LogP contribution in [0.2, 0.25) is 0 Å². The van der Waals surface area contributed by atoms with E-state index in [2.05, 4.69) is 20.6 Å². The Morgan fingerprint density at radius 2 is 1.65 bits per heavy atom. The Balaban J connectivity index is 1.57. The Kier molecular flexibility index (Phi) is 4.52. The molecule has 152 valence electrons. The highest BCUT2D eigenvalue weighted by Gasteiger charge is 2.28. The third-order valence-corrected chi connectivity index (χ3v) is 5.31. The number of hydrogen-bond acceptors (Lipinski definition) is 4. The van der Waals surface area contributed by atoms with E-state index in [0.717, 1.165) is 45.2 Å². The van der Waals surface area contributed by atoms with Crippen molar-refractivity contribution in [1.29, 1.82) is 0 Å². The molecule has 0 spiro atoms. The summed E-state index contributed by atoms with van der Waals surface area (Å²) in [5, 5.41) is 6.44. The van der Waals surface area contributed by atoms with Gasteiger partial charge in [-0.1, -0.05) is 60.7 Å². The molecule has 0 bridgehead atoms. The average molecular weight is 407 g/mol. The van der Waals surface area contributed by atoms with Crippen molar-refractivity contribution in [2.45, 2.75) is 6.92 Å². The van der Waals surface area contributed by atoms with Crippen LogP contribution in [0.25, 0.3) is 22.5 Å². The number of nitrogens with zero attached hydrogens (tertiary/aromatic N) is 1. The van der Waals surface area contributed by atoms with Crippen LogP contribution < -0.4 is 16.4 Å². The number of nitrogens with one attached hydrogen (secondary N) is 3. The fraction of sp³-hybridized carbons (Fsp3) is 0.0400. The molecule has 5 N–H and O–H groups in total. The number of aromatic nitrogens is 2. The summed E-state index contributed by atoms with van der Waals surface area (Å²) in [6.07, 6.45) is 0. The zero-order valence-electron chi connectivity index (χ0n) is 16.9. The molecule has 0 unspecified atom stereocenters. The number of carbonyl (C=O) groups is 1. The molecule has 31 heavy (non-hydrogen) atoms. The molecule has 3 aromatic carbocycles. The molecule has 1 aromatic heterocycles. The molecule has 0 fully saturated rings. The Morgan fingerprint density at radius 3 is 2.35 bits per heavy atom.